The summed E-state index contributed by atoms with van der Waals surface area (Å²) >= 11 is 0. The number of benzene rings is 2. The Hall–Kier alpha value is -1.87. The minimum atomic E-state index is -0.134. The van der Waals surface area contributed by atoms with Crippen LogP contribution in [-0.4, -0.2) is 4.90 Å². The lowest BCUT2D eigenvalue weighted by Gasteiger charge is -2.24. The minimum absolute atomic E-state index is 0.134. The van der Waals surface area contributed by atoms with Gasteiger partial charge in [-0.3, -0.25) is 4.90 Å². The van der Waals surface area contributed by atoms with Crippen molar-refractivity contribution in [2.75, 3.05) is 5.73 Å². The molecule has 0 radical (unpaired) electrons. The summed E-state index contributed by atoms with van der Waals surface area (Å²) in [4.78, 5) is 2.32. The summed E-state index contributed by atoms with van der Waals surface area (Å²) in [6.07, 6.45) is 0. The molecular weight excluding hydrogens is 251 g/mol. The highest BCUT2D eigenvalue weighted by Crippen LogP contribution is 2.34. The van der Waals surface area contributed by atoms with Gasteiger partial charge in [-0.2, -0.15) is 0 Å². The molecule has 1 heterocycles. The summed E-state index contributed by atoms with van der Waals surface area (Å²) in [5.41, 5.74) is 11.1. The van der Waals surface area contributed by atoms with E-state index in [0.717, 1.165) is 24.3 Å². The van der Waals surface area contributed by atoms with Crippen LogP contribution in [0.2, 0.25) is 0 Å². The lowest BCUT2D eigenvalue weighted by molar-refractivity contribution is 0.215. The molecule has 3 rings (SSSR count). The number of nitrogen functional groups attached to an aromatic ring is 1. The molecule has 0 saturated heterocycles. The number of nitrogens with two attached hydrogens (primary N) is 1. The van der Waals surface area contributed by atoms with Gasteiger partial charge in [0.2, 0.25) is 0 Å². The van der Waals surface area contributed by atoms with Crippen LogP contribution in [0.1, 0.15) is 35.2 Å². The third-order valence-corrected chi connectivity index (χ3v) is 4.27. The summed E-state index contributed by atoms with van der Waals surface area (Å²) in [6, 6.07) is 11.7. The van der Waals surface area contributed by atoms with E-state index in [9.17, 15) is 4.39 Å². The Morgan fingerprint density at radius 3 is 2.70 bits per heavy atom. The van der Waals surface area contributed by atoms with Gasteiger partial charge in [-0.1, -0.05) is 24.3 Å². The molecule has 1 atom stereocenters. The molecule has 20 heavy (non-hydrogen) atoms. The van der Waals surface area contributed by atoms with Crippen molar-refractivity contribution in [3.05, 3.63) is 64.5 Å². The summed E-state index contributed by atoms with van der Waals surface area (Å²) in [5.74, 6) is -0.134. The van der Waals surface area contributed by atoms with E-state index in [4.69, 9.17) is 5.73 Å². The van der Waals surface area contributed by atoms with E-state index in [0.29, 0.717) is 5.56 Å². The molecule has 3 heteroatoms. The topological polar surface area (TPSA) is 29.3 Å². The van der Waals surface area contributed by atoms with Crippen LogP contribution in [-0.2, 0) is 13.1 Å². The molecule has 0 spiro atoms. The second-order valence-corrected chi connectivity index (χ2v) is 5.57. The highest BCUT2D eigenvalue weighted by Gasteiger charge is 2.25. The van der Waals surface area contributed by atoms with E-state index in [1.54, 1.807) is 13.0 Å². The fourth-order valence-electron chi connectivity index (χ4n) is 2.83. The molecule has 1 aliphatic rings. The lowest BCUT2D eigenvalue weighted by Crippen LogP contribution is -2.21. The zero-order valence-corrected chi connectivity index (χ0v) is 11.9. The molecule has 0 aromatic heterocycles. The lowest BCUT2D eigenvalue weighted by atomic mass is 10.0. The molecule has 1 aliphatic heterocycles. The molecule has 0 aliphatic carbocycles. The van der Waals surface area contributed by atoms with Crippen molar-refractivity contribution >= 4 is 5.69 Å². The zero-order chi connectivity index (χ0) is 14.3. The van der Waals surface area contributed by atoms with E-state index in [2.05, 4.69) is 17.9 Å². The average Bonchev–Trinajstić information content (AvgIpc) is 2.86. The Kier molecular flexibility index (Phi) is 3.22. The number of rotatable bonds is 2. The summed E-state index contributed by atoms with van der Waals surface area (Å²) in [7, 11) is 0. The van der Waals surface area contributed by atoms with Crippen molar-refractivity contribution in [1.82, 2.24) is 4.90 Å². The third kappa shape index (κ3) is 2.18. The maximum absolute atomic E-state index is 13.7. The van der Waals surface area contributed by atoms with Gasteiger partial charge in [0.15, 0.2) is 0 Å². The maximum Gasteiger partial charge on any atom is 0.126 e. The number of nitrogens with zero attached hydrogens (tertiary/aromatic N) is 1. The summed E-state index contributed by atoms with van der Waals surface area (Å²) in [6.45, 7) is 5.61. The number of fused-ring (bicyclic) bond motifs is 1. The number of hydrogen-bond acceptors (Lipinski definition) is 2. The normalized spacial score (nSPS) is 16.1. The highest BCUT2D eigenvalue weighted by atomic mass is 19.1. The van der Waals surface area contributed by atoms with Gasteiger partial charge in [0.25, 0.3) is 0 Å². The van der Waals surface area contributed by atoms with Crippen LogP contribution in [0.3, 0.4) is 0 Å². The predicted octanol–water partition coefficient (Wildman–Crippen LogP) is 3.79. The van der Waals surface area contributed by atoms with Gasteiger partial charge >= 0.3 is 0 Å². The number of hydrogen-bond donors (Lipinski definition) is 1. The number of anilines is 1. The first kappa shape index (κ1) is 13.1. The Bertz CT molecular complexity index is 651. The van der Waals surface area contributed by atoms with Gasteiger partial charge in [0.05, 0.1) is 0 Å². The van der Waals surface area contributed by atoms with Crippen LogP contribution < -0.4 is 5.73 Å². The molecule has 0 saturated carbocycles. The highest BCUT2D eigenvalue weighted by molar-refractivity contribution is 5.52. The molecule has 2 aromatic rings. The fourth-order valence-corrected chi connectivity index (χ4v) is 2.83. The van der Waals surface area contributed by atoms with E-state index in [1.807, 2.05) is 24.3 Å². The molecular formula is C17H19FN2. The Labute approximate surface area is 119 Å². The largest absolute Gasteiger partial charge is 0.398 e. The van der Waals surface area contributed by atoms with Crippen molar-refractivity contribution < 1.29 is 4.39 Å². The molecule has 104 valence electrons. The van der Waals surface area contributed by atoms with Gasteiger partial charge < -0.3 is 5.73 Å². The quantitative estimate of drug-likeness (QED) is 0.841. The monoisotopic (exact) mass is 270 g/mol. The van der Waals surface area contributed by atoms with Crippen molar-refractivity contribution in [2.24, 2.45) is 0 Å². The summed E-state index contributed by atoms with van der Waals surface area (Å²) in [5, 5.41) is 0. The zero-order valence-electron chi connectivity index (χ0n) is 11.9. The van der Waals surface area contributed by atoms with E-state index in [1.165, 1.54) is 11.1 Å². The smallest absolute Gasteiger partial charge is 0.126 e. The standard InChI is InChI=1S/C17H19FN2/c1-11-6-7-13(8-16(11)18)12(2)20-9-14-4-3-5-17(19)15(14)10-20/h3-8,12H,9-10,19H2,1-2H3. The van der Waals surface area contributed by atoms with Crippen LogP contribution in [0.25, 0.3) is 0 Å². The van der Waals surface area contributed by atoms with Gasteiger partial charge in [0, 0.05) is 24.8 Å². The Morgan fingerprint density at radius 1 is 1.20 bits per heavy atom. The fraction of sp³-hybridized carbons (Fsp3) is 0.294. The van der Waals surface area contributed by atoms with E-state index >= 15 is 0 Å². The Balaban J connectivity index is 1.85. The predicted molar refractivity (Wildman–Crippen MR) is 79.7 cm³/mol. The summed E-state index contributed by atoms with van der Waals surface area (Å²) < 4.78 is 13.7. The number of halogens is 1. The van der Waals surface area contributed by atoms with Gasteiger partial charge in [0.1, 0.15) is 5.82 Å². The molecule has 0 fully saturated rings. The van der Waals surface area contributed by atoms with E-state index < -0.39 is 0 Å². The second-order valence-electron chi connectivity index (χ2n) is 5.57. The van der Waals surface area contributed by atoms with Crippen LogP contribution in [0.15, 0.2) is 36.4 Å². The SMILES string of the molecule is Cc1ccc(C(C)N2Cc3cccc(N)c3C2)cc1F. The molecule has 2 aromatic carbocycles. The van der Waals surface area contributed by atoms with Crippen LogP contribution in [0.5, 0.6) is 0 Å². The molecule has 1 unspecified atom stereocenters. The van der Waals surface area contributed by atoms with Crippen molar-refractivity contribution in [3.8, 4) is 0 Å². The first-order valence-corrected chi connectivity index (χ1v) is 6.92. The number of aryl methyl sites for hydroxylation is 1. The molecule has 0 amide bonds. The van der Waals surface area contributed by atoms with Crippen molar-refractivity contribution in [1.29, 1.82) is 0 Å². The van der Waals surface area contributed by atoms with E-state index in [-0.39, 0.29) is 11.9 Å². The van der Waals surface area contributed by atoms with Crippen molar-refractivity contribution in [3.63, 3.8) is 0 Å². The van der Waals surface area contributed by atoms with Crippen LogP contribution in [0, 0.1) is 12.7 Å². The van der Waals surface area contributed by atoms with Gasteiger partial charge in [-0.15, -0.1) is 0 Å². The molecule has 0 bridgehead atoms. The Morgan fingerprint density at radius 2 is 2.00 bits per heavy atom. The minimum Gasteiger partial charge on any atom is -0.398 e. The first-order valence-electron chi connectivity index (χ1n) is 6.92. The maximum atomic E-state index is 13.7. The van der Waals surface area contributed by atoms with Crippen molar-refractivity contribution in [2.45, 2.75) is 33.0 Å². The third-order valence-electron chi connectivity index (χ3n) is 4.27. The van der Waals surface area contributed by atoms with Gasteiger partial charge in [-0.05, 0) is 48.2 Å². The molecule has 2 N–H and O–H groups in total. The van der Waals surface area contributed by atoms with Gasteiger partial charge in [-0.25, -0.2) is 4.39 Å². The second kappa shape index (κ2) is 4.91. The molecule has 2 nitrogen and oxygen atoms in total. The van der Waals surface area contributed by atoms with Crippen LogP contribution >= 0.6 is 0 Å². The first-order chi connectivity index (χ1) is 9.56. The van der Waals surface area contributed by atoms with Crippen LogP contribution in [0.4, 0.5) is 10.1 Å². The average molecular weight is 270 g/mol.